The summed E-state index contributed by atoms with van der Waals surface area (Å²) in [5.41, 5.74) is 0. The molecule has 0 heterocycles. The Balaban J connectivity index is 3.17. The predicted molar refractivity (Wildman–Crippen MR) is 57.6 cm³/mol. The fourth-order valence-corrected chi connectivity index (χ4v) is 0.794. The fraction of sp³-hybridized carbons (Fsp3) is 0.667. The van der Waals surface area contributed by atoms with Gasteiger partial charge in [-0.25, -0.2) is 0 Å². The highest BCUT2D eigenvalue weighted by Crippen LogP contribution is 1.90. The molecular formula is C12H18O2. The van der Waals surface area contributed by atoms with Crippen molar-refractivity contribution in [2.75, 3.05) is 19.8 Å². The molecule has 0 aromatic rings. The number of ether oxygens (including phenoxy) is 1. The summed E-state index contributed by atoms with van der Waals surface area (Å²) in [6.45, 7) is 3.19. The average Bonchev–Trinajstić information content (AvgIpc) is 2.21. The van der Waals surface area contributed by atoms with E-state index in [1.807, 2.05) is 6.92 Å². The molecule has 0 aliphatic rings. The van der Waals surface area contributed by atoms with Crippen LogP contribution in [0.5, 0.6) is 0 Å². The van der Waals surface area contributed by atoms with E-state index in [1.54, 1.807) is 0 Å². The molecule has 0 fully saturated rings. The molecule has 0 rings (SSSR count). The Morgan fingerprint density at radius 1 is 1.00 bits per heavy atom. The van der Waals surface area contributed by atoms with Gasteiger partial charge in [-0.1, -0.05) is 18.8 Å². The minimum absolute atomic E-state index is 0.255. The van der Waals surface area contributed by atoms with Gasteiger partial charge in [-0.3, -0.25) is 0 Å². The molecule has 0 radical (unpaired) electrons. The van der Waals surface area contributed by atoms with Crippen molar-refractivity contribution >= 4 is 0 Å². The molecule has 0 aromatic heterocycles. The molecule has 0 aliphatic carbocycles. The van der Waals surface area contributed by atoms with Crippen molar-refractivity contribution in [1.29, 1.82) is 0 Å². The Kier molecular flexibility index (Phi) is 11.2. The van der Waals surface area contributed by atoms with Crippen molar-refractivity contribution in [2.45, 2.75) is 32.6 Å². The Bertz CT molecular complexity index is 224. The average molecular weight is 194 g/mol. The normalized spacial score (nSPS) is 8.43. The Hall–Kier alpha value is -0.960. The smallest absolute Gasteiger partial charge is 0.109 e. The van der Waals surface area contributed by atoms with Crippen LogP contribution in [0.2, 0.25) is 0 Å². The van der Waals surface area contributed by atoms with Crippen molar-refractivity contribution in [1.82, 2.24) is 0 Å². The summed E-state index contributed by atoms with van der Waals surface area (Å²) >= 11 is 0. The molecule has 0 bridgehead atoms. The molecule has 0 saturated carbocycles. The molecule has 2 nitrogen and oxygen atoms in total. The second-order valence-electron chi connectivity index (χ2n) is 2.73. The summed E-state index contributed by atoms with van der Waals surface area (Å²) < 4.78 is 5.15. The lowest BCUT2D eigenvalue weighted by atomic mass is 10.2. The van der Waals surface area contributed by atoms with Crippen LogP contribution in [0.15, 0.2) is 0 Å². The van der Waals surface area contributed by atoms with Crippen LogP contribution >= 0.6 is 0 Å². The van der Waals surface area contributed by atoms with E-state index in [-0.39, 0.29) is 6.61 Å². The van der Waals surface area contributed by atoms with Crippen molar-refractivity contribution in [3.05, 3.63) is 0 Å². The molecule has 14 heavy (non-hydrogen) atoms. The van der Waals surface area contributed by atoms with E-state index in [0.29, 0.717) is 13.2 Å². The summed E-state index contributed by atoms with van der Waals surface area (Å²) in [4.78, 5) is 0. The van der Waals surface area contributed by atoms with Crippen LogP contribution in [-0.4, -0.2) is 24.9 Å². The van der Waals surface area contributed by atoms with E-state index in [2.05, 4.69) is 23.7 Å². The summed E-state index contributed by atoms with van der Waals surface area (Å²) in [5.74, 6) is 11.7. The van der Waals surface area contributed by atoms with Crippen molar-refractivity contribution < 1.29 is 9.84 Å². The molecular weight excluding hydrogens is 176 g/mol. The van der Waals surface area contributed by atoms with E-state index < -0.39 is 0 Å². The van der Waals surface area contributed by atoms with Crippen LogP contribution in [0.1, 0.15) is 32.6 Å². The van der Waals surface area contributed by atoms with E-state index in [4.69, 9.17) is 9.84 Å². The van der Waals surface area contributed by atoms with Crippen LogP contribution in [0.4, 0.5) is 0 Å². The monoisotopic (exact) mass is 194 g/mol. The highest BCUT2D eigenvalue weighted by atomic mass is 16.5. The van der Waals surface area contributed by atoms with Crippen molar-refractivity contribution in [3.8, 4) is 23.7 Å². The molecule has 0 saturated heterocycles. The highest BCUT2D eigenvalue weighted by molar-refractivity contribution is 5.01. The van der Waals surface area contributed by atoms with Crippen LogP contribution in [-0.2, 0) is 4.74 Å². The maximum absolute atomic E-state index is 8.50. The highest BCUT2D eigenvalue weighted by Gasteiger charge is 1.81. The minimum atomic E-state index is 0.255. The lowest BCUT2D eigenvalue weighted by molar-refractivity contribution is 0.204. The van der Waals surface area contributed by atoms with Gasteiger partial charge in [0.25, 0.3) is 0 Å². The van der Waals surface area contributed by atoms with Gasteiger partial charge in [-0.2, -0.15) is 0 Å². The summed E-state index contributed by atoms with van der Waals surface area (Å²) in [6, 6.07) is 0. The first-order valence-electron chi connectivity index (χ1n) is 5.01. The van der Waals surface area contributed by atoms with Gasteiger partial charge >= 0.3 is 0 Å². The number of unbranched alkanes of at least 4 members (excludes halogenated alkanes) is 2. The lowest BCUT2D eigenvalue weighted by Gasteiger charge is -1.90. The quantitative estimate of drug-likeness (QED) is 0.532. The van der Waals surface area contributed by atoms with E-state index in [0.717, 1.165) is 25.7 Å². The van der Waals surface area contributed by atoms with Gasteiger partial charge in [0.2, 0.25) is 0 Å². The molecule has 1 N–H and O–H groups in total. The summed E-state index contributed by atoms with van der Waals surface area (Å²) in [6.07, 6.45) is 3.50. The molecule has 0 unspecified atom stereocenters. The largest absolute Gasteiger partial charge is 0.396 e. The van der Waals surface area contributed by atoms with Crippen LogP contribution in [0, 0.1) is 23.7 Å². The van der Waals surface area contributed by atoms with Gasteiger partial charge in [0, 0.05) is 19.4 Å². The van der Waals surface area contributed by atoms with Gasteiger partial charge in [0.05, 0.1) is 0 Å². The van der Waals surface area contributed by atoms with Crippen LogP contribution in [0.3, 0.4) is 0 Å². The maximum atomic E-state index is 8.50. The zero-order valence-electron chi connectivity index (χ0n) is 8.81. The van der Waals surface area contributed by atoms with Gasteiger partial charge in [0.1, 0.15) is 13.2 Å². The van der Waals surface area contributed by atoms with E-state index >= 15 is 0 Å². The number of rotatable bonds is 5. The zero-order chi connectivity index (χ0) is 10.5. The lowest BCUT2D eigenvalue weighted by Crippen LogP contribution is -1.91. The van der Waals surface area contributed by atoms with Crippen molar-refractivity contribution in [2.24, 2.45) is 0 Å². The van der Waals surface area contributed by atoms with Crippen LogP contribution in [0.25, 0.3) is 0 Å². The maximum Gasteiger partial charge on any atom is 0.109 e. The van der Waals surface area contributed by atoms with Gasteiger partial charge < -0.3 is 9.84 Å². The molecule has 0 aromatic carbocycles. The number of aliphatic hydroxyl groups excluding tert-OH is 1. The Labute approximate surface area is 86.7 Å². The Morgan fingerprint density at radius 2 is 1.71 bits per heavy atom. The molecule has 0 spiro atoms. The van der Waals surface area contributed by atoms with Crippen molar-refractivity contribution in [3.63, 3.8) is 0 Å². The molecule has 2 heteroatoms. The third-order valence-corrected chi connectivity index (χ3v) is 1.49. The van der Waals surface area contributed by atoms with E-state index in [9.17, 15) is 0 Å². The molecule has 0 atom stereocenters. The molecule has 78 valence electrons. The predicted octanol–water partition coefficient (Wildman–Crippen LogP) is 1.58. The van der Waals surface area contributed by atoms with Gasteiger partial charge in [-0.15, -0.1) is 11.8 Å². The molecule has 0 amide bonds. The topological polar surface area (TPSA) is 29.5 Å². The summed E-state index contributed by atoms with van der Waals surface area (Å²) in [5, 5.41) is 8.50. The summed E-state index contributed by atoms with van der Waals surface area (Å²) in [7, 11) is 0. The van der Waals surface area contributed by atoms with Crippen LogP contribution < -0.4 is 0 Å². The molecule has 0 aliphatic heterocycles. The standard InChI is InChI=1S/C12H18O2/c1-2-3-8-11-14-12-9-6-4-5-7-10-13/h13H,2,4-5,7,10-12H2,1H3. The van der Waals surface area contributed by atoms with E-state index in [1.165, 1.54) is 0 Å². The second kappa shape index (κ2) is 12.0. The first-order chi connectivity index (χ1) is 6.91. The number of aliphatic hydroxyl groups is 1. The SMILES string of the molecule is CCC#CCOCC#CCCCCO. The first kappa shape index (κ1) is 13.0. The van der Waals surface area contributed by atoms with Gasteiger partial charge in [0.15, 0.2) is 0 Å². The first-order valence-corrected chi connectivity index (χ1v) is 5.01. The van der Waals surface area contributed by atoms with Gasteiger partial charge in [-0.05, 0) is 12.8 Å². The third-order valence-electron chi connectivity index (χ3n) is 1.49. The fourth-order valence-electron chi connectivity index (χ4n) is 0.794. The Morgan fingerprint density at radius 3 is 2.36 bits per heavy atom. The number of hydrogen-bond donors (Lipinski definition) is 1. The number of hydrogen-bond acceptors (Lipinski definition) is 2. The second-order valence-corrected chi connectivity index (χ2v) is 2.73. The zero-order valence-corrected chi connectivity index (χ0v) is 8.81. The third kappa shape index (κ3) is 11.0. The minimum Gasteiger partial charge on any atom is -0.396 e.